The molecular weight excluding hydrogens is 510 g/mol. The van der Waals surface area contributed by atoms with Crippen LogP contribution in [0.25, 0.3) is 6.08 Å². The first-order valence-corrected chi connectivity index (χ1v) is 15.7. The normalized spacial score (nSPS) is 46.1. The maximum atomic E-state index is 14.6. The van der Waals surface area contributed by atoms with Crippen LogP contribution in [0.4, 0.5) is 0 Å². The van der Waals surface area contributed by atoms with Crippen LogP contribution < -0.4 is 0 Å². The molecule has 6 rings (SSSR count). The molecule has 1 N–H and O–H groups in total. The first kappa shape index (κ1) is 28.6. The Kier molecular flexibility index (Phi) is 6.08. The summed E-state index contributed by atoms with van der Waals surface area (Å²) in [5.74, 6) is -0.284. The summed E-state index contributed by atoms with van der Waals surface area (Å²) in [6.45, 7) is 15.5. The van der Waals surface area contributed by atoms with Gasteiger partial charge in [0.15, 0.2) is 11.6 Å². The van der Waals surface area contributed by atoms with Crippen LogP contribution in [0.5, 0.6) is 0 Å². The molecule has 1 aromatic rings. The molecule has 1 aromatic heterocycles. The predicted octanol–water partition coefficient (Wildman–Crippen LogP) is 7.71. The minimum atomic E-state index is -0.756. The number of hydrogen-bond acceptors (Lipinski definition) is 4. The van der Waals surface area contributed by atoms with Gasteiger partial charge < -0.3 is 5.11 Å². The fraction of sp³-hybridized carbons (Fsp3) is 0.667. The highest BCUT2D eigenvalue weighted by Gasteiger charge is 2.70. The molecule has 0 amide bonds. The number of aliphatic carboxylic acids is 1. The lowest BCUT2D eigenvalue weighted by Gasteiger charge is -2.70. The summed E-state index contributed by atoms with van der Waals surface area (Å²) in [6, 6.07) is 3.87. The number of rotatable bonds is 2. The summed E-state index contributed by atoms with van der Waals surface area (Å²) < 4.78 is 0. The van der Waals surface area contributed by atoms with Crippen LogP contribution in [0, 0.1) is 50.2 Å². The molecule has 5 aliphatic carbocycles. The van der Waals surface area contributed by atoms with E-state index >= 15 is 0 Å². The summed E-state index contributed by atoms with van der Waals surface area (Å²) in [5, 5.41) is 10.2. The molecule has 8 atom stereocenters. The second kappa shape index (κ2) is 8.74. The fourth-order valence-corrected chi connectivity index (χ4v) is 11.0. The standard InChI is InChI=1S/C36H47NO4/c1-31(2)27-10-11-36(7)28(34(27,5)19-23(29(31)39)17-22-9-8-16-37-21-22)26(38)18-24-25-20-33(4,30(40)41)13-12-32(25,3)14-15-35(24,36)6/h8-9,16-18,21,25,27-28H,10-15,19-20H2,1-7H3,(H,40,41)/b23-17+/t25-,27-,28+,32+,33-,34-,35+,36+/m0/s1. The van der Waals surface area contributed by atoms with Gasteiger partial charge in [-0.2, -0.15) is 0 Å². The molecule has 0 aliphatic heterocycles. The number of carboxylic acid groups (broad SMARTS) is 1. The number of pyridine rings is 1. The molecule has 5 aliphatic rings. The third kappa shape index (κ3) is 3.72. The topological polar surface area (TPSA) is 84.3 Å². The zero-order chi connectivity index (χ0) is 29.8. The van der Waals surface area contributed by atoms with Crippen LogP contribution in [0.3, 0.4) is 0 Å². The zero-order valence-corrected chi connectivity index (χ0v) is 26.0. The number of Topliss-reactive ketones (excluding diaryl/α,β-unsaturated/α-hetero) is 1. The van der Waals surface area contributed by atoms with E-state index in [1.807, 2.05) is 31.2 Å². The lowest BCUT2D eigenvalue weighted by molar-refractivity contribution is -0.183. The van der Waals surface area contributed by atoms with E-state index in [-0.39, 0.29) is 51.0 Å². The predicted molar refractivity (Wildman–Crippen MR) is 160 cm³/mol. The van der Waals surface area contributed by atoms with E-state index in [9.17, 15) is 19.5 Å². The average molecular weight is 558 g/mol. The molecule has 4 saturated carbocycles. The number of nitrogens with zero attached hydrogens (tertiary/aromatic N) is 1. The van der Waals surface area contributed by atoms with Crippen molar-refractivity contribution in [1.29, 1.82) is 0 Å². The number of allylic oxidation sites excluding steroid dienone is 3. The van der Waals surface area contributed by atoms with Crippen LogP contribution >= 0.6 is 0 Å². The lowest BCUT2D eigenvalue weighted by Crippen LogP contribution is -2.66. The number of carbonyl (C=O) groups is 3. The summed E-state index contributed by atoms with van der Waals surface area (Å²) in [6.07, 6.45) is 14.2. The first-order chi connectivity index (χ1) is 19.0. The van der Waals surface area contributed by atoms with E-state index in [2.05, 4.69) is 46.5 Å². The molecule has 4 fully saturated rings. The Morgan fingerprint density at radius 2 is 1.71 bits per heavy atom. The summed E-state index contributed by atoms with van der Waals surface area (Å²) in [4.78, 5) is 45.2. The van der Waals surface area contributed by atoms with Crippen LogP contribution in [-0.2, 0) is 14.4 Å². The lowest BCUT2D eigenvalue weighted by atomic mass is 9.33. The van der Waals surface area contributed by atoms with Gasteiger partial charge in [-0.15, -0.1) is 0 Å². The van der Waals surface area contributed by atoms with Gasteiger partial charge >= 0.3 is 5.97 Å². The van der Waals surface area contributed by atoms with E-state index < -0.39 is 16.8 Å². The first-order valence-electron chi connectivity index (χ1n) is 15.7. The van der Waals surface area contributed by atoms with Gasteiger partial charge in [-0.25, -0.2) is 0 Å². The Morgan fingerprint density at radius 1 is 1.00 bits per heavy atom. The van der Waals surface area contributed by atoms with Gasteiger partial charge in [-0.3, -0.25) is 19.4 Å². The second-order valence-corrected chi connectivity index (χ2v) is 16.2. The monoisotopic (exact) mass is 557 g/mol. The molecular formula is C36H47NO4. The second-order valence-electron chi connectivity index (χ2n) is 16.2. The summed E-state index contributed by atoms with van der Waals surface area (Å²) >= 11 is 0. The van der Waals surface area contributed by atoms with E-state index in [0.717, 1.165) is 43.2 Å². The van der Waals surface area contributed by atoms with Crippen molar-refractivity contribution >= 4 is 23.6 Å². The number of fused-ring (bicyclic) bond motifs is 7. The van der Waals surface area contributed by atoms with Gasteiger partial charge in [0.25, 0.3) is 0 Å². The van der Waals surface area contributed by atoms with Crippen LogP contribution in [0.1, 0.15) is 105 Å². The molecule has 1 heterocycles. The van der Waals surface area contributed by atoms with Crippen molar-refractivity contribution in [2.75, 3.05) is 0 Å². The Morgan fingerprint density at radius 3 is 2.37 bits per heavy atom. The summed E-state index contributed by atoms with van der Waals surface area (Å²) in [5.41, 5.74) is 0.863. The number of aromatic nitrogens is 1. The molecule has 0 spiro atoms. The third-order valence-electron chi connectivity index (χ3n) is 13.7. The maximum absolute atomic E-state index is 14.6. The molecule has 0 unspecified atom stereocenters. The molecule has 0 radical (unpaired) electrons. The van der Waals surface area contributed by atoms with Gasteiger partial charge in [-0.1, -0.05) is 53.2 Å². The maximum Gasteiger partial charge on any atom is 0.309 e. The van der Waals surface area contributed by atoms with Crippen LogP contribution in [-0.4, -0.2) is 27.6 Å². The minimum absolute atomic E-state index is 0.0315. The zero-order valence-electron chi connectivity index (χ0n) is 26.0. The van der Waals surface area contributed by atoms with Crippen molar-refractivity contribution < 1.29 is 19.5 Å². The smallest absolute Gasteiger partial charge is 0.309 e. The highest BCUT2D eigenvalue weighted by Crippen LogP contribution is 2.75. The SMILES string of the molecule is CC1(C)C(=O)/C(=C/c2cccnc2)C[C@]2(C)[C@H]3C(=O)C=C4[C@@H]5C[C@@](C)(C(=O)O)CC[C@]5(C)CC[C@@]4(C)[C@]3(C)CC[C@@H]12. The minimum Gasteiger partial charge on any atom is -0.481 e. The number of carboxylic acids is 1. The van der Waals surface area contributed by atoms with Crippen molar-refractivity contribution in [2.45, 2.75) is 99.8 Å². The highest BCUT2D eigenvalue weighted by atomic mass is 16.4. The molecule has 0 saturated heterocycles. The largest absolute Gasteiger partial charge is 0.481 e. The Bertz CT molecular complexity index is 1390. The summed E-state index contributed by atoms with van der Waals surface area (Å²) in [7, 11) is 0. The Labute approximate surface area is 245 Å². The number of ketones is 2. The van der Waals surface area contributed by atoms with E-state index in [0.29, 0.717) is 19.3 Å². The van der Waals surface area contributed by atoms with Crippen molar-refractivity contribution in [3.05, 3.63) is 47.3 Å². The number of hydrogen-bond donors (Lipinski definition) is 1. The molecule has 5 nitrogen and oxygen atoms in total. The van der Waals surface area contributed by atoms with Crippen LogP contribution in [0.15, 0.2) is 41.7 Å². The number of carbonyl (C=O) groups excluding carboxylic acids is 2. The molecule has 0 bridgehead atoms. The van der Waals surface area contributed by atoms with Crippen molar-refractivity contribution in [2.24, 2.45) is 50.2 Å². The Balaban J connectivity index is 1.47. The van der Waals surface area contributed by atoms with Gasteiger partial charge in [0.05, 0.1) is 5.41 Å². The van der Waals surface area contributed by atoms with E-state index in [4.69, 9.17) is 0 Å². The van der Waals surface area contributed by atoms with Gasteiger partial charge in [0.2, 0.25) is 0 Å². The fourth-order valence-electron chi connectivity index (χ4n) is 11.0. The quantitative estimate of drug-likeness (QED) is 0.377. The van der Waals surface area contributed by atoms with Gasteiger partial charge in [0, 0.05) is 23.7 Å². The van der Waals surface area contributed by atoms with E-state index in [1.54, 1.807) is 12.4 Å². The van der Waals surface area contributed by atoms with Crippen molar-refractivity contribution in [1.82, 2.24) is 4.98 Å². The average Bonchev–Trinajstić information content (AvgIpc) is 2.90. The molecule has 220 valence electrons. The molecule has 0 aromatic carbocycles. The molecule has 41 heavy (non-hydrogen) atoms. The third-order valence-corrected chi connectivity index (χ3v) is 13.7. The van der Waals surface area contributed by atoms with Gasteiger partial charge in [-0.05, 0) is 121 Å². The Hall–Kier alpha value is -2.56. The van der Waals surface area contributed by atoms with Crippen molar-refractivity contribution in [3.63, 3.8) is 0 Å². The highest BCUT2D eigenvalue weighted by molar-refractivity contribution is 6.05. The molecule has 5 heteroatoms. The van der Waals surface area contributed by atoms with Crippen LogP contribution in [0.2, 0.25) is 0 Å². The van der Waals surface area contributed by atoms with Gasteiger partial charge in [0.1, 0.15) is 0 Å². The van der Waals surface area contributed by atoms with Crippen molar-refractivity contribution in [3.8, 4) is 0 Å². The van der Waals surface area contributed by atoms with E-state index in [1.165, 1.54) is 5.57 Å².